The molecule has 0 bridgehead atoms. The normalized spacial score (nSPS) is 10.0. The van der Waals surface area contributed by atoms with Crippen LogP contribution in [0.25, 0.3) is 0 Å². The van der Waals surface area contributed by atoms with Gasteiger partial charge in [-0.2, -0.15) is 0 Å². The van der Waals surface area contributed by atoms with Gasteiger partial charge >= 0.3 is 38.4 Å². The van der Waals surface area contributed by atoms with Gasteiger partial charge in [-0.3, -0.25) is 0 Å². The monoisotopic (exact) mass is 310 g/mol. The maximum absolute atomic E-state index is 8.69. The largest absolute Gasteiger partial charge is 4.00 e. The second-order valence-electron chi connectivity index (χ2n) is 1.02. The summed E-state index contributed by atoms with van der Waals surface area (Å²) >= 11 is 0. The van der Waals surface area contributed by atoms with Gasteiger partial charge in [0.2, 0.25) is 0 Å². The Labute approximate surface area is 94.7 Å². The predicted molar refractivity (Wildman–Crippen MR) is 19.5 cm³/mol. The maximum Gasteiger partial charge on any atom is 4.00 e. The van der Waals surface area contributed by atoms with Crippen LogP contribution in [0.4, 0.5) is 0 Å². The molecular weight excluding hydrogens is 307 g/mol. The van der Waals surface area contributed by atoms with E-state index in [4.69, 9.17) is 38.4 Å². The van der Waals surface area contributed by atoms with Crippen LogP contribution in [-0.2, 0) is 21.1 Å². The molecule has 0 aliphatic rings. The molecule has 12 heteroatoms. The van der Waals surface area contributed by atoms with Crippen molar-refractivity contribution in [3.63, 3.8) is 0 Å². The van der Waals surface area contributed by atoms with Gasteiger partial charge in [0, 0.05) is 0 Å². The Hall–Kier alpha value is 1.33. The van der Waals surface area contributed by atoms with Crippen LogP contribution in [0.1, 0.15) is 0 Å². The third-order valence-corrected chi connectivity index (χ3v) is 0. The molecule has 0 aromatic rings. The minimum Gasteiger partial charge on any atom is -0.894 e. The summed E-state index contributed by atoms with van der Waals surface area (Å²) in [4.78, 5) is 67.4. The summed E-state index contributed by atoms with van der Waals surface area (Å²) in [5.74, 6) is 0. The fraction of sp³-hybridized carbons (Fsp3) is 0. The van der Waals surface area contributed by atoms with Gasteiger partial charge in [-0.25, -0.2) is 0 Å². The van der Waals surface area contributed by atoms with Gasteiger partial charge < -0.3 is 47.4 Å². The molecule has 0 unspecified atom stereocenters. The van der Waals surface area contributed by atoms with Crippen molar-refractivity contribution in [3.05, 3.63) is 0 Å². The van der Waals surface area contributed by atoms with E-state index in [1.54, 1.807) is 0 Å². The topological polar surface area (TPSA) is 182 Å². The summed E-state index contributed by atoms with van der Waals surface area (Å²) in [6.45, 7) is 0. The Morgan fingerprint density at radius 1 is 0.750 bits per heavy atom. The molecule has 0 radical (unpaired) electrons. The number of hydrogen-bond acceptors (Lipinski definition) is 8. The fourth-order valence-corrected chi connectivity index (χ4v) is 0. The van der Waals surface area contributed by atoms with E-state index in [-0.39, 0.29) is 38.4 Å². The zero-order chi connectivity index (χ0) is 9.00. The molecular formula is HAlMoO8Si2. The molecule has 1 N–H and O–H groups in total. The van der Waals surface area contributed by atoms with Crippen molar-refractivity contribution in [2.45, 2.75) is 0 Å². The minimum absolute atomic E-state index is 0. The number of hydrogen-bond donors (Lipinski definition) is 1. The van der Waals surface area contributed by atoms with Crippen LogP contribution < -0.4 is 33.6 Å². The summed E-state index contributed by atoms with van der Waals surface area (Å²) in [6, 6.07) is 0. The van der Waals surface area contributed by atoms with E-state index >= 15 is 0 Å². The van der Waals surface area contributed by atoms with Crippen molar-refractivity contribution < 1.29 is 59.4 Å². The van der Waals surface area contributed by atoms with Crippen molar-refractivity contribution in [1.29, 1.82) is 0 Å². The molecule has 0 amide bonds. The first-order valence-corrected chi connectivity index (χ1v) is 4.96. The zero-order valence-electron chi connectivity index (χ0n) is 5.29. The van der Waals surface area contributed by atoms with E-state index in [1.165, 1.54) is 0 Å². The van der Waals surface area contributed by atoms with Crippen molar-refractivity contribution in [1.82, 2.24) is 0 Å². The predicted octanol–water partition coefficient (Wildman–Crippen LogP) is -10.0. The van der Waals surface area contributed by atoms with Crippen LogP contribution in [0.3, 0.4) is 0 Å². The molecule has 0 spiro atoms. The molecule has 0 rings (SSSR count). The van der Waals surface area contributed by atoms with Crippen LogP contribution in [0.15, 0.2) is 0 Å². The van der Waals surface area contributed by atoms with E-state index < -0.39 is 18.1 Å². The zero-order valence-corrected chi connectivity index (χ0v) is 10.5. The first kappa shape index (κ1) is 23.3. The molecule has 0 aliphatic carbocycles. The Morgan fingerprint density at radius 2 is 0.750 bits per heavy atom. The Bertz CT molecular complexity index is 60.0. The molecule has 0 aliphatic heterocycles. The Morgan fingerprint density at radius 3 is 0.750 bits per heavy atom. The third kappa shape index (κ3) is 680. The van der Waals surface area contributed by atoms with Gasteiger partial charge in [0.05, 0.1) is 0 Å². The maximum atomic E-state index is 8.69. The smallest absolute Gasteiger partial charge is 0.894 e. The first-order valence-electron chi connectivity index (χ1n) is 1.65. The Kier molecular flexibility index (Phi) is 17.3. The molecule has 0 aromatic carbocycles. The minimum atomic E-state index is -5.61. The molecule has 8 nitrogen and oxygen atoms in total. The van der Waals surface area contributed by atoms with Crippen molar-refractivity contribution in [2.24, 2.45) is 0 Å². The van der Waals surface area contributed by atoms with Crippen LogP contribution in [0.5, 0.6) is 0 Å². The van der Waals surface area contributed by atoms with Gasteiger partial charge in [0.1, 0.15) is 0 Å². The summed E-state index contributed by atoms with van der Waals surface area (Å²) in [5.41, 5.74) is 0. The summed E-state index contributed by atoms with van der Waals surface area (Å²) in [7, 11) is -11.0. The van der Waals surface area contributed by atoms with E-state index in [1.807, 2.05) is 0 Å². The van der Waals surface area contributed by atoms with Crippen molar-refractivity contribution >= 4 is 35.5 Å². The van der Waals surface area contributed by atoms with Gasteiger partial charge in [-0.15, -0.1) is 9.05 Å². The molecule has 0 atom stereocenters. The second-order valence-corrected chi connectivity index (χ2v) is 3.07. The molecule has 0 heterocycles. The van der Waals surface area contributed by atoms with Crippen molar-refractivity contribution in [2.75, 3.05) is 0 Å². The summed E-state index contributed by atoms with van der Waals surface area (Å²) in [5, 5.41) is 0. The van der Waals surface area contributed by atoms with Gasteiger partial charge in [0.25, 0.3) is 0 Å². The van der Waals surface area contributed by atoms with E-state index in [2.05, 4.69) is 0 Å². The van der Waals surface area contributed by atoms with E-state index in [9.17, 15) is 0 Å². The molecule has 0 saturated carbocycles. The van der Waals surface area contributed by atoms with Gasteiger partial charge in [-0.1, -0.05) is 0 Å². The first-order chi connectivity index (χ1) is 4.00. The second kappa shape index (κ2) is 8.91. The van der Waals surface area contributed by atoms with Crippen LogP contribution in [0.2, 0.25) is 0 Å². The Balaban J connectivity index is -0.0000000457. The third-order valence-electron chi connectivity index (χ3n) is 0. The van der Waals surface area contributed by atoms with Crippen LogP contribution >= 0.6 is 0 Å². The molecule has 0 fully saturated rings. The molecule has 0 aromatic heterocycles. The van der Waals surface area contributed by atoms with Crippen LogP contribution in [-0.4, -0.2) is 40.3 Å². The SMILES string of the molecule is [Al+3].[Mo+4].[O-][Si]([O-])([O-])O.[O-][Si]([O-])([O-])[O-]. The van der Waals surface area contributed by atoms with Gasteiger partial charge in [0.15, 0.2) is 0 Å². The van der Waals surface area contributed by atoms with Gasteiger partial charge in [-0.05, 0) is 0 Å². The molecule has 12 heavy (non-hydrogen) atoms. The molecule has 0 saturated heterocycles. The number of rotatable bonds is 0. The summed E-state index contributed by atoms with van der Waals surface area (Å²) in [6.07, 6.45) is 0. The standard InChI is InChI=1S/Al.Mo.HO4Si.O4Si/c;;2*1-5(2,3)4/h;;1H;/q+3;+4;-3;-4. The average molecular weight is 308 g/mol. The summed E-state index contributed by atoms with van der Waals surface area (Å²) < 4.78 is 0. The quantitative estimate of drug-likeness (QED) is 0.428. The molecule has 66 valence electrons. The van der Waals surface area contributed by atoms with Crippen molar-refractivity contribution in [3.8, 4) is 0 Å². The van der Waals surface area contributed by atoms with E-state index in [0.29, 0.717) is 0 Å². The fourth-order valence-electron chi connectivity index (χ4n) is 0. The average Bonchev–Trinajstić information content (AvgIpc) is 1.12. The van der Waals surface area contributed by atoms with Crippen LogP contribution in [0, 0.1) is 0 Å². The van der Waals surface area contributed by atoms with E-state index in [0.717, 1.165) is 0 Å².